The summed E-state index contributed by atoms with van der Waals surface area (Å²) in [7, 11) is 0. The van der Waals surface area contributed by atoms with Gasteiger partial charge in [0.15, 0.2) is 0 Å². The van der Waals surface area contributed by atoms with Gasteiger partial charge >= 0.3 is 0 Å². The predicted molar refractivity (Wildman–Crippen MR) is 60.9 cm³/mol. The molecule has 0 radical (unpaired) electrons. The van der Waals surface area contributed by atoms with Gasteiger partial charge in [-0.05, 0) is 46.9 Å². The normalized spacial score (nSPS) is 16.1. The highest BCUT2D eigenvalue weighted by atomic mass is 79.9. The topological polar surface area (TPSA) is 55.2 Å². The van der Waals surface area contributed by atoms with Crippen molar-refractivity contribution in [2.24, 2.45) is 5.92 Å². The molecule has 1 fully saturated rings. The molecular weight excluding hydrogens is 260 g/mol. The largest absolute Gasteiger partial charge is 0.316 e. The molecule has 0 bridgehead atoms. The highest BCUT2D eigenvalue weighted by Gasteiger charge is 2.21. The van der Waals surface area contributed by atoms with Gasteiger partial charge < -0.3 is 5.32 Å². The molecule has 0 atom stereocenters. The van der Waals surface area contributed by atoms with E-state index in [1.54, 1.807) is 6.07 Å². The molecule has 0 aliphatic carbocycles. The molecule has 0 aromatic heterocycles. The zero-order valence-corrected chi connectivity index (χ0v) is 9.66. The molecule has 1 aliphatic heterocycles. The van der Waals surface area contributed by atoms with Gasteiger partial charge in [-0.2, -0.15) is 0 Å². The summed E-state index contributed by atoms with van der Waals surface area (Å²) in [6.07, 6.45) is 0.898. The van der Waals surface area contributed by atoms with Gasteiger partial charge in [-0.1, -0.05) is 12.1 Å². The van der Waals surface area contributed by atoms with E-state index in [0.717, 1.165) is 25.1 Å². The Bertz CT molecular complexity index is 391. The van der Waals surface area contributed by atoms with Crippen molar-refractivity contribution in [1.29, 1.82) is 0 Å². The Morgan fingerprint density at radius 1 is 1.53 bits per heavy atom. The molecule has 80 valence electrons. The fraction of sp³-hybridized carbons (Fsp3) is 0.400. The molecule has 5 heteroatoms. The lowest BCUT2D eigenvalue weighted by molar-refractivity contribution is -0.385. The average molecular weight is 271 g/mol. The minimum atomic E-state index is -0.355. The zero-order valence-electron chi connectivity index (χ0n) is 8.07. The van der Waals surface area contributed by atoms with Crippen LogP contribution in [0.4, 0.5) is 5.69 Å². The molecule has 0 saturated carbocycles. The first-order valence-corrected chi connectivity index (χ1v) is 5.60. The summed E-state index contributed by atoms with van der Waals surface area (Å²) in [5.74, 6) is 0.614. The SMILES string of the molecule is O=[N+]([O-])c1cccc(CC2CNC2)c1Br. The van der Waals surface area contributed by atoms with Crippen molar-refractivity contribution in [2.45, 2.75) is 6.42 Å². The van der Waals surface area contributed by atoms with Crippen LogP contribution >= 0.6 is 15.9 Å². The zero-order chi connectivity index (χ0) is 10.8. The summed E-state index contributed by atoms with van der Waals surface area (Å²) >= 11 is 3.30. The molecule has 1 N–H and O–H groups in total. The van der Waals surface area contributed by atoms with Crippen molar-refractivity contribution < 1.29 is 4.92 Å². The van der Waals surface area contributed by atoms with Gasteiger partial charge in [0.1, 0.15) is 0 Å². The number of halogens is 1. The van der Waals surface area contributed by atoms with E-state index in [1.165, 1.54) is 6.07 Å². The molecule has 0 amide bonds. The second-order valence-corrected chi connectivity index (χ2v) is 4.53. The number of nitro benzene ring substituents is 1. The summed E-state index contributed by atoms with van der Waals surface area (Å²) in [6, 6.07) is 5.20. The highest BCUT2D eigenvalue weighted by molar-refractivity contribution is 9.10. The van der Waals surface area contributed by atoms with Crippen molar-refractivity contribution in [3.05, 3.63) is 38.3 Å². The van der Waals surface area contributed by atoms with Crippen LogP contribution < -0.4 is 5.32 Å². The van der Waals surface area contributed by atoms with Crippen LogP contribution in [-0.2, 0) is 6.42 Å². The molecule has 2 rings (SSSR count). The van der Waals surface area contributed by atoms with E-state index < -0.39 is 0 Å². The van der Waals surface area contributed by atoms with Crippen molar-refractivity contribution >= 4 is 21.6 Å². The summed E-state index contributed by atoms with van der Waals surface area (Å²) in [5, 5.41) is 13.9. The number of nitro groups is 1. The van der Waals surface area contributed by atoms with Crippen LogP contribution in [-0.4, -0.2) is 18.0 Å². The van der Waals surface area contributed by atoms with Gasteiger partial charge in [0, 0.05) is 6.07 Å². The van der Waals surface area contributed by atoms with Crippen LogP contribution in [0.5, 0.6) is 0 Å². The molecule has 1 heterocycles. The first-order chi connectivity index (χ1) is 7.18. The first kappa shape index (κ1) is 10.6. The van der Waals surface area contributed by atoms with E-state index in [9.17, 15) is 10.1 Å². The lowest BCUT2D eigenvalue weighted by Crippen LogP contribution is -2.43. The van der Waals surface area contributed by atoms with Crippen molar-refractivity contribution in [3.63, 3.8) is 0 Å². The van der Waals surface area contributed by atoms with E-state index in [1.807, 2.05) is 6.07 Å². The number of hydrogen-bond acceptors (Lipinski definition) is 3. The van der Waals surface area contributed by atoms with Crippen LogP contribution in [0, 0.1) is 16.0 Å². The Kier molecular flexibility index (Phi) is 3.02. The van der Waals surface area contributed by atoms with E-state index >= 15 is 0 Å². The molecule has 1 aromatic carbocycles. The van der Waals surface area contributed by atoms with Gasteiger partial charge in [0.25, 0.3) is 5.69 Å². The molecule has 0 spiro atoms. The van der Waals surface area contributed by atoms with Crippen LogP contribution in [0.3, 0.4) is 0 Å². The van der Waals surface area contributed by atoms with E-state index in [0.29, 0.717) is 10.4 Å². The Labute approximate surface area is 96.0 Å². The van der Waals surface area contributed by atoms with Crippen molar-refractivity contribution in [1.82, 2.24) is 5.32 Å². The Balaban J connectivity index is 2.22. The summed E-state index contributed by atoms with van der Waals surface area (Å²) in [5.41, 5.74) is 1.18. The maximum Gasteiger partial charge on any atom is 0.283 e. The lowest BCUT2D eigenvalue weighted by atomic mass is 9.94. The smallest absolute Gasteiger partial charge is 0.283 e. The van der Waals surface area contributed by atoms with Crippen LogP contribution in [0.15, 0.2) is 22.7 Å². The fourth-order valence-electron chi connectivity index (χ4n) is 1.67. The molecule has 1 saturated heterocycles. The second kappa shape index (κ2) is 4.28. The summed E-state index contributed by atoms with van der Waals surface area (Å²) in [6.45, 7) is 2.02. The van der Waals surface area contributed by atoms with Crippen LogP contribution in [0.2, 0.25) is 0 Å². The highest BCUT2D eigenvalue weighted by Crippen LogP contribution is 2.30. The molecule has 1 aromatic rings. The lowest BCUT2D eigenvalue weighted by Gasteiger charge is -2.27. The fourth-order valence-corrected chi connectivity index (χ4v) is 2.24. The van der Waals surface area contributed by atoms with Gasteiger partial charge in [0.2, 0.25) is 0 Å². The monoisotopic (exact) mass is 270 g/mol. The maximum atomic E-state index is 10.7. The maximum absolute atomic E-state index is 10.7. The van der Waals surface area contributed by atoms with Crippen molar-refractivity contribution in [3.8, 4) is 0 Å². The van der Waals surface area contributed by atoms with Gasteiger partial charge in [-0.15, -0.1) is 0 Å². The number of nitrogens with zero attached hydrogens (tertiary/aromatic N) is 1. The third-order valence-electron chi connectivity index (χ3n) is 2.63. The van der Waals surface area contributed by atoms with Gasteiger partial charge in [-0.3, -0.25) is 10.1 Å². The standard InChI is InChI=1S/C10H11BrN2O2/c11-10-8(4-7-5-12-6-7)2-1-3-9(10)13(14)15/h1-3,7,12H,4-6H2. The Morgan fingerprint density at radius 2 is 2.27 bits per heavy atom. The third kappa shape index (κ3) is 2.18. The van der Waals surface area contributed by atoms with Gasteiger partial charge in [0.05, 0.1) is 9.40 Å². The van der Waals surface area contributed by atoms with Crippen LogP contribution in [0.25, 0.3) is 0 Å². The third-order valence-corrected chi connectivity index (χ3v) is 3.55. The molecule has 0 unspecified atom stereocenters. The minimum absolute atomic E-state index is 0.153. The second-order valence-electron chi connectivity index (χ2n) is 3.74. The minimum Gasteiger partial charge on any atom is -0.316 e. The predicted octanol–water partition coefficient (Wildman–Crippen LogP) is 2.12. The quantitative estimate of drug-likeness (QED) is 0.676. The van der Waals surface area contributed by atoms with E-state index in [4.69, 9.17) is 0 Å². The number of rotatable bonds is 3. The van der Waals surface area contributed by atoms with Gasteiger partial charge in [-0.25, -0.2) is 0 Å². The first-order valence-electron chi connectivity index (χ1n) is 4.81. The number of hydrogen-bond donors (Lipinski definition) is 1. The molecular formula is C10H11BrN2O2. The summed E-state index contributed by atoms with van der Waals surface area (Å²) < 4.78 is 0.627. The van der Waals surface area contributed by atoms with E-state index in [2.05, 4.69) is 21.2 Å². The summed E-state index contributed by atoms with van der Waals surface area (Å²) in [4.78, 5) is 10.4. The van der Waals surface area contributed by atoms with Crippen molar-refractivity contribution in [2.75, 3.05) is 13.1 Å². The number of nitrogens with one attached hydrogen (secondary N) is 1. The van der Waals surface area contributed by atoms with E-state index in [-0.39, 0.29) is 10.6 Å². The van der Waals surface area contributed by atoms with Crippen LogP contribution in [0.1, 0.15) is 5.56 Å². The Morgan fingerprint density at radius 3 is 2.80 bits per heavy atom. The molecule has 1 aliphatic rings. The molecule has 15 heavy (non-hydrogen) atoms. The average Bonchev–Trinajstić information content (AvgIpc) is 2.13. The molecule has 4 nitrogen and oxygen atoms in total. The Hall–Kier alpha value is -0.940. The number of benzene rings is 1.